The molecule has 0 atom stereocenters. The second-order valence-corrected chi connectivity index (χ2v) is 3.48. The Kier molecular flexibility index (Phi) is 2.29. The van der Waals surface area contributed by atoms with E-state index in [1.165, 1.54) is 0 Å². The number of nitrogens with two attached hydrogens (primary N) is 1. The van der Waals surface area contributed by atoms with Crippen LogP contribution in [0.4, 0.5) is 11.6 Å². The summed E-state index contributed by atoms with van der Waals surface area (Å²) in [6, 6.07) is 7.52. The van der Waals surface area contributed by atoms with Crippen molar-refractivity contribution in [2.75, 3.05) is 24.7 Å². The third-order valence-corrected chi connectivity index (χ3v) is 2.01. The Morgan fingerprint density at radius 1 is 1.33 bits per heavy atom. The zero-order valence-electron chi connectivity index (χ0n) is 8.75. The van der Waals surface area contributed by atoms with Gasteiger partial charge in [0, 0.05) is 19.8 Å². The first-order valence-electron chi connectivity index (χ1n) is 4.62. The summed E-state index contributed by atoms with van der Waals surface area (Å²) in [5.74, 6) is 0.678. The second kappa shape index (κ2) is 3.61. The average Bonchev–Trinajstić information content (AvgIpc) is 2.66. The van der Waals surface area contributed by atoms with Crippen LogP contribution in [-0.4, -0.2) is 28.9 Å². The average molecular weight is 203 g/mol. The van der Waals surface area contributed by atoms with Crippen LogP contribution in [-0.2, 0) is 0 Å². The molecule has 2 rings (SSSR count). The molecule has 1 heterocycles. The fourth-order valence-corrected chi connectivity index (χ4v) is 1.25. The summed E-state index contributed by atoms with van der Waals surface area (Å²) in [6.07, 6.45) is 1.67. The first-order valence-corrected chi connectivity index (χ1v) is 4.62. The minimum absolute atomic E-state index is 0.678. The van der Waals surface area contributed by atoms with Gasteiger partial charge in [-0.15, -0.1) is 5.10 Å². The zero-order valence-corrected chi connectivity index (χ0v) is 8.75. The van der Waals surface area contributed by atoms with E-state index >= 15 is 0 Å². The molecular weight excluding hydrogens is 190 g/mol. The highest BCUT2D eigenvalue weighted by Crippen LogP contribution is 2.12. The van der Waals surface area contributed by atoms with E-state index in [1.807, 2.05) is 43.3 Å². The van der Waals surface area contributed by atoms with E-state index in [-0.39, 0.29) is 0 Å². The van der Waals surface area contributed by atoms with Gasteiger partial charge in [0.1, 0.15) is 6.33 Å². The van der Waals surface area contributed by atoms with Gasteiger partial charge in [-0.2, -0.15) is 4.98 Å². The summed E-state index contributed by atoms with van der Waals surface area (Å²) >= 11 is 0. The molecule has 5 nitrogen and oxygen atoms in total. The van der Waals surface area contributed by atoms with E-state index in [1.54, 1.807) is 11.0 Å². The molecule has 1 aromatic heterocycles. The van der Waals surface area contributed by atoms with Crippen molar-refractivity contribution >= 4 is 11.6 Å². The smallest absolute Gasteiger partial charge is 0.244 e. The Labute approximate surface area is 88.1 Å². The summed E-state index contributed by atoms with van der Waals surface area (Å²) in [4.78, 5) is 6.01. The molecule has 0 bridgehead atoms. The van der Waals surface area contributed by atoms with Gasteiger partial charge in [0.25, 0.3) is 0 Å². The maximum Gasteiger partial charge on any atom is 0.244 e. The van der Waals surface area contributed by atoms with Gasteiger partial charge in [-0.1, -0.05) is 6.07 Å². The molecule has 0 saturated carbocycles. The van der Waals surface area contributed by atoms with Crippen LogP contribution in [0.1, 0.15) is 0 Å². The van der Waals surface area contributed by atoms with Crippen LogP contribution in [0.5, 0.6) is 0 Å². The predicted octanol–water partition coefficient (Wildman–Crippen LogP) is 0.915. The van der Waals surface area contributed by atoms with Gasteiger partial charge in [0.2, 0.25) is 5.95 Å². The molecule has 0 aliphatic rings. The van der Waals surface area contributed by atoms with Crippen LogP contribution in [0.15, 0.2) is 30.6 Å². The Morgan fingerprint density at radius 2 is 2.13 bits per heavy atom. The molecule has 2 N–H and O–H groups in total. The van der Waals surface area contributed by atoms with Crippen molar-refractivity contribution in [3.63, 3.8) is 0 Å². The maximum absolute atomic E-state index is 5.69. The van der Waals surface area contributed by atoms with E-state index in [0.29, 0.717) is 5.95 Å². The van der Waals surface area contributed by atoms with Crippen molar-refractivity contribution in [2.24, 2.45) is 0 Å². The Morgan fingerprint density at radius 3 is 2.73 bits per heavy atom. The van der Waals surface area contributed by atoms with Crippen LogP contribution < -0.4 is 10.6 Å². The molecular formula is C10H13N5. The van der Waals surface area contributed by atoms with Crippen LogP contribution in [0.2, 0.25) is 0 Å². The van der Waals surface area contributed by atoms with Gasteiger partial charge >= 0.3 is 0 Å². The summed E-state index contributed by atoms with van der Waals surface area (Å²) < 4.78 is 1.70. The number of aromatic nitrogens is 3. The zero-order chi connectivity index (χ0) is 10.8. The van der Waals surface area contributed by atoms with Crippen LogP contribution in [0.3, 0.4) is 0 Å². The maximum atomic E-state index is 5.69. The van der Waals surface area contributed by atoms with Crippen molar-refractivity contribution in [2.45, 2.75) is 0 Å². The molecule has 1 aromatic carbocycles. The molecule has 0 radical (unpaired) electrons. The van der Waals surface area contributed by atoms with Crippen molar-refractivity contribution in [1.82, 2.24) is 14.8 Å². The highest BCUT2D eigenvalue weighted by molar-refractivity contribution is 5.47. The SMILES string of the molecule is CN(C)c1ncn(-c2cccc(N)c2)n1. The number of anilines is 2. The third kappa shape index (κ3) is 1.90. The fraction of sp³-hybridized carbons (Fsp3) is 0.200. The van der Waals surface area contributed by atoms with Gasteiger partial charge in [0.15, 0.2) is 0 Å². The number of rotatable bonds is 2. The van der Waals surface area contributed by atoms with E-state index in [0.717, 1.165) is 11.4 Å². The second-order valence-electron chi connectivity index (χ2n) is 3.48. The standard InChI is InChI=1S/C10H13N5/c1-14(2)10-12-7-15(13-10)9-5-3-4-8(11)6-9/h3-7H,11H2,1-2H3. The molecule has 0 fully saturated rings. The quantitative estimate of drug-likeness (QED) is 0.737. The first-order chi connectivity index (χ1) is 7.16. The molecule has 78 valence electrons. The van der Waals surface area contributed by atoms with Crippen molar-refractivity contribution in [3.05, 3.63) is 30.6 Å². The first kappa shape index (κ1) is 9.51. The Bertz CT molecular complexity index is 460. The van der Waals surface area contributed by atoms with Gasteiger partial charge < -0.3 is 10.6 Å². The van der Waals surface area contributed by atoms with Crippen molar-refractivity contribution < 1.29 is 0 Å². The molecule has 0 aliphatic heterocycles. The Hall–Kier alpha value is -2.04. The van der Waals surface area contributed by atoms with E-state index in [9.17, 15) is 0 Å². The van der Waals surface area contributed by atoms with E-state index < -0.39 is 0 Å². The molecule has 0 aliphatic carbocycles. The van der Waals surface area contributed by atoms with E-state index in [4.69, 9.17) is 5.73 Å². The molecule has 5 heteroatoms. The number of benzene rings is 1. The van der Waals surface area contributed by atoms with Gasteiger partial charge in [-0.3, -0.25) is 0 Å². The third-order valence-electron chi connectivity index (χ3n) is 2.01. The van der Waals surface area contributed by atoms with Gasteiger partial charge in [0.05, 0.1) is 5.69 Å². The van der Waals surface area contributed by atoms with Crippen LogP contribution in [0, 0.1) is 0 Å². The van der Waals surface area contributed by atoms with Crippen molar-refractivity contribution in [3.8, 4) is 5.69 Å². The highest BCUT2D eigenvalue weighted by atomic mass is 15.4. The minimum atomic E-state index is 0.678. The largest absolute Gasteiger partial charge is 0.399 e. The molecule has 0 saturated heterocycles. The lowest BCUT2D eigenvalue weighted by Crippen LogP contribution is -2.10. The van der Waals surface area contributed by atoms with E-state index in [2.05, 4.69) is 10.1 Å². The minimum Gasteiger partial charge on any atom is -0.399 e. The lowest BCUT2D eigenvalue weighted by molar-refractivity contribution is 0.866. The summed E-state index contributed by atoms with van der Waals surface area (Å²) in [5, 5.41) is 4.30. The summed E-state index contributed by atoms with van der Waals surface area (Å²) in [7, 11) is 3.80. The lowest BCUT2D eigenvalue weighted by atomic mass is 10.3. The van der Waals surface area contributed by atoms with Crippen LogP contribution >= 0.6 is 0 Å². The normalized spacial score (nSPS) is 10.3. The monoisotopic (exact) mass is 203 g/mol. The number of nitrogens with zero attached hydrogens (tertiary/aromatic N) is 4. The molecule has 0 unspecified atom stereocenters. The summed E-state index contributed by atoms with van der Waals surface area (Å²) in [5.41, 5.74) is 7.32. The Balaban J connectivity index is 2.37. The summed E-state index contributed by atoms with van der Waals surface area (Å²) in [6.45, 7) is 0. The molecule has 15 heavy (non-hydrogen) atoms. The fourth-order valence-electron chi connectivity index (χ4n) is 1.25. The number of nitrogen functional groups attached to an aromatic ring is 1. The topological polar surface area (TPSA) is 60.0 Å². The predicted molar refractivity (Wildman–Crippen MR) is 60.1 cm³/mol. The van der Waals surface area contributed by atoms with Crippen LogP contribution in [0.25, 0.3) is 5.69 Å². The molecule has 0 spiro atoms. The molecule has 2 aromatic rings. The lowest BCUT2D eigenvalue weighted by Gasteiger charge is -2.05. The van der Waals surface area contributed by atoms with Gasteiger partial charge in [-0.25, -0.2) is 4.68 Å². The highest BCUT2D eigenvalue weighted by Gasteiger charge is 2.03. The van der Waals surface area contributed by atoms with Gasteiger partial charge in [-0.05, 0) is 18.2 Å². The van der Waals surface area contributed by atoms with Crippen molar-refractivity contribution in [1.29, 1.82) is 0 Å². The number of hydrogen-bond donors (Lipinski definition) is 1. The number of hydrogen-bond acceptors (Lipinski definition) is 4. The molecule has 0 amide bonds.